The van der Waals surface area contributed by atoms with Gasteiger partial charge in [-0.3, -0.25) is 4.79 Å². The maximum atomic E-state index is 11.8. The Labute approximate surface area is 126 Å². The maximum absolute atomic E-state index is 11.8. The molecule has 21 heavy (non-hydrogen) atoms. The molecule has 1 atom stereocenters. The number of rotatable bonds is 8. The predicted octanol–water partition coefficient (Wildman–Crippen LogP) is 0.622. The molecule has 1 aromatic heterocycles. The number of amides is 1. The summed E-state index contributed by atoms with van der Waals surface area (Å²) >= 11 is 0. The Kier molecular flexibility index (Phi) is 7.11. The monoisotopic (exact) mass is 294 g/mol. The SMILES string of the molecule is CC(C)[C@H](N)C(=O)NCc1ccnc(OCCN(C)C)c1. The highest BCUT2D eigenvalue weighted by Crippen LogP contribution is 2.09. The zero-order valence-corrected chi connectivity index (χ0v) is 13.3. The molecule has 0 fully saturated rings. The van der Waals surface area contributed by atoms with E-state index in [-0.39, 0.29) is 11.8 Å². The van der Waals surface area contributed by atoms with Gasteiger partial charge in [0.05, 0.1) is 6.04 Å². The average Bonchev–Trinajstić information content (AvgIpc) is 2.44. The van der Waals surface area contributed by atoms with E-state index in [1.54, 1.807) is 6.20 Å². The summed E-state index contributed by atoms with van der Waals surface area (Å²) in [6.07, 6.45) is 1.68. The van der Waals surface area contributed by atoms with Crippen molar-refractivity contribution in [2.45, 2.75) is 26.4 Å². The molecular formula is C15H26N4O2. The van der Waals surface area contributed by atoms with Crippen LogP contribution in [0.4, 0.5) is 0 Å². The van der Waals surface area contributed by atoms with Crippen molar-refractivity contribution in [3.63, 3.8) is 0 Å². The molecule has 1 aromatic rings. The van der Waals surface area contributed by atoms with Gasteiger partial charge in [-0.15, -0.1) is 0 Å². The number of hydrogen-bond acceptors (Lipinski definition) is 5. The van der Waals surface area contributed by atoms with Gasteiger partial charge in [-0.1, -0.05) is 13.8 Å². The van der Waals surface area contributed by atoms with Crippen molar-refractivity contribution >= 4 is 5.91 Å². The van der Waals surface area contributed by atoms with E-state index in [0.717, 1.165) is 12.1 Å². The summed E-state index contributed by atoms with van der Waals surface area (Å²) in [5.74, 6) is 0.543. The van der Waals surface area contributed by atoms with Crippen LogP contribution in [0.25, 0.3) is 0 Å². The number of hydrogen-bond donors (Lipinski definition) is 2. The van der Waals surface area contributed by atoms with E-state index in [1.165, 1.54) is 0 Å². The molecule has 0 bridgehead atoms. The third kappa shape index (κ3) is 6.55. The topological polar surface area (TPSA) is 80.5 Å². The highest BCUT2D eigenvalue weighted by Gasteiger charge is 2.16. The highest BCUT2D eigenvalue weighted by molar-refractivity contribution is 5.81. The van der Waals surface area contributed by atoms with Crippen LogP contribution >= 0.6 is 0 Å². The van der Waals surface area contributed by atoms with Crippen molar-refractivity contribution < 1.29 is 9.53 Å². The first kappa shape index (κ1) is 17.4. The Morgan fingerprint density at radius 2 is 2.19 bits per heavy atom. The van der Waals surface area contributed by atoms with Gasteiger partial charge in [0.25, 0.3) is 0 Å². The van der Waals surface area contributed by atoms with Gasteiger partial charge < -0.3 is 20.7 Å². The van der Waals surface area contributed by atoms with Crippen molar-refractivity contribution in [3.8, 4) is 5.88 Å². The number of carbonyl (C=O) groups is 1. The molecule has 0 saturated carbocycles. The molecule has 0 unspecified atom stereocenters. The van der Waals surface area contributed by atoms with Gasteiger partial charge in [-0.2, -0.15) is 0 Å². The number of likely N-dealkylation sites (N-methyl/N-ethyl adjacent to an activating group) is 1. The van der Waals surface area contributed by atoms with Crippen molar-refractivity contribution in [2.24, 2.45) is 11.7 Å². The van der Waals surface area contributed by atoms with Gasteiger partial charge in [-0.05, 0) is 31.6 Å². The van der Waals surface area contributed by atoms with E-state index in [9.17, 15) is 4.79 Å². The lowest BCUT2D eigenvalue weighted by Gasteiger charge is -2.15. The second-order valence-corrected chi connectivity index (χ2v) is 5.64. The molecule has 0 aliphatic carbocycles. The lowest BCUT2D eigenvalue weighted by atomic mass is 10.1. The number of nitrogens with one attached hydrogen (secondary N) is 1. The molecule has 6 heteroatoms. The Morgan fingerprint density at radius 3 is 2.81 bits per heavy atom. The predicted molar refractivity (Wildman–Crippen MR) is 82.9 cm³/mol. The highest BCUT2D eigenvalue weighted by atomic mass is 16.5. The Bertz CT molecular complexity index is 449. The number of carbonyl (C=O) groups excluding carboxylic acids is 1. The van der Waals surface area contributed by atoms with Crippen LogP contribution in [0.1, 0.15) is 19.4 Å². The third-order valence-corrected chi connectivity index (χ3v) is 3.08. The molecule has 6 nitrogen and oxygen atoms in total. The van der Waals surface area contributed by atoms with E-state index in [2.05, 4.69) is 10.3 Å². The van der Waals surface area contributed by atoms with Crippen LogP contribution in [0.2, 0.25) is 0 Å². The van der Waals surface area contributed by atoms with Crippen molar-refractivity contribution in [3.05, 3.63) is 23.9 Å². The second-order valence-electron chi connectivity index (χ2n) is 5.64. The summed E-state index contributed by atoms with van der Waals surface area (Å²) in [6.45, 7) is 5.67. The second kappa shape index (κ2) is 8.59. The molecule has 0 saturated heterocycles. The van der Waals surface area contributed by atoms with E-state index in [4.69, 9.17) is 10.5 Å². The first-order valence-electron chi connectivity index (χ1n) is 7.16. The zero-order chi connectivity index (χ0) is 15.8. The Balaban J connectivity index is 2.47. The van der Waals surface area contributed by atoms with E-state index in [1.807, 2.05) is 45.0 Å². The molecule has 118 valence electrons. The van der Waals surface area contributed by atoms with Gasteiger partial charge in [0, 0.05) is 25.4 Å². The molecule has 0 aromatic carbocycles. The van der Waals surface area contributed by atoms with Crippen molar-refractivity contribution in [2.75, 3.05) is 27.2 Å². The molecule has 0 aliphatic heterocycles. The molecular weight excluding hydrogens is 268 g/mol. The van der Waals surface area contributed by atoms with E-state index in [0.29, 0.717) is 19.0 Å². The van der Waals surface area contributed by atoms with Crippen LogP contribution in [0.5, 0.6) is 5.88 Å². The normalized spacial score (nSPS) is 12.5. The first-order valence-corrected chi connectivity index (χ1v) is 7.16. The van der Waals surface area contributed by atoms with Gasteiger partial charge in [0.15, 0.2) is 0 Å². The minimum atomic E-state index is -0.484. The fourth-order valence-electron chi connectivity index (χ4n) is 1.58. The van der Waals surface area contributed by atoms with Crippen LogP contribution in [-0.2, 0) is 11.3 Å². The Morgan fingerprint density at radius 1 is 1.48 bits per heavy atom. The molecule has 1 amide bonds. The van der Waals surface area contributed by atoms with Crippen LogP contribution in [0.15, 0.2) is 18.3 Å². The van der Waals surface area contributed by atoms with Crippen molar-refractivity contribution in [1.29, 1.82) is 0 Å². The number of aromatic nitrogens is 1. The quantitative estimate of drug-likeness (QED) is 0.735. The summed E-state index contributed by atoms with van der Waals surface area (Å²) in [5.41, 5.74) is 6.73. The van der Waals surface area contributed by atoms with E-state index < -0.39 is 6.04 Å². The molecule has 0 spiro atoms. The average molecular weight is 294 g/mol. The minimum Gasteiger partial charge on any atom is -0.476 e. The molecule has 1 rings (SSSR count). The van der Waals surface area contributed by atoms with Crippen LogP contribution in [-0.4, -0.2) is 49.1 Å². The molecule has 3 N–H and O–H groups in total. The largest absolute Gasteiger partial charge is 0.476 e. The van der Waals surface area contributed by atoms with Gasteiger partial charge in [-0.25, -0.2) is 4.98 Å². The summed E-state index contributed by atoms with van der Waals surface area (Å²) in [7, 11) is 3.97. The van der Waals surface area contributed by atoms with E-state index >= 15 is 0 Å². The maximum Gasteiger partial charge on any atom is 0.237 e. The standard InChI is InChI=1S/C15H26N4O2/c1-11(2)14(16)15(20)18-10-12-5-6-17-13(9-12)21-8-7-19(3)4/h5-6,9,11,14H,7-8,10,16H2,1-4H3,(H,18,20)/t14-/m0/s1. The summed E-state index contributed by atoms with van der Waals surface area (Å²) in [4.78, 5) is 18.0. The third-order valence-electron chi connectivity index (χ3n) is 3.08. The first-order chi connectivity index (χ1) is 9.90. The van der Waals surface area contributed by atoms with Gasteiger partial charge >= 0.3 is 0 Å². The van der Waals surface area contributed by atoms with Crippen molar-refractivity contribution in [1.82, 2.24) is 15.2 Å². The molecule has 0 aliphatic rings. The number of nitrogens with zero attached hydrogens (tertiary/aromatic N) is 2. The minimum absolute atomic E-state index is 0.118. The summed E-state index contributed by atoms with van der Waals surface area (Å²) in [6, 6.07) is 3.19. The fraction of sp³-hybridized carbons (Fsp3) is 0.600. The number of ether oxygens (including phenoxy) is 1. The summed E-state index contributed by atoms with van der Waals surface area (Å²) < 4.78 is 5.56. The Hall–Kier alpha value is -1.66. The van der Waals surface area contributed by atoms with Crippen LogP contribution in [0, 0.1) is 5.92 Å². The lowest BCUT2D eigenvalue weighted by molar-refractivity contribution is -0.123. The van der Waals surface area contributed by atoms with Gasteiger partial charge in [0.2, 0.25) is 11.8 Å². The van der Waals surface area contributed by atoms with Crippen LogP contribution in [0.3, 0.4) is 0 Å². The zero-order valence-electron chi connectivity index (χ0n) is 13.3. The summed E-state index contributed by atoms with van der Waals surface area (Å²) in [5, 5.41) is 2.83. The molecule has 0 radical (unpaired) electrons. The van der Waals surface area contributed by atoms with Gasteiger partial charge in [0.1, 0.15) is 6.61 Å². The lowest BCUT2D eigenvalue weighted by Crippen LogP contribution is -2.43. The fourth-order valence-corrected chi connectivity index (χ4v) is 1.58. The molecule has 1 heterocycles. The number of nitrogens with two attached hydrogens (primary N) is 1. The number of pyridine rings is 1. The van der Waals surface area contributed by atoms with Crippen LogP contribution < -0.4 is 15.8 Å². The smallest absolute Gasteiger partial charge is 0.237 e.